The first-order valence-electron chi connectivity index (χ1n) is 7.10. The number of nitrogens with zero attached hydrogens (tertiary/aromatic N) is 2. The van der Waals surface area contributed by atoms with Gasteiger partial charge in [0, 0.05) is 40.7 Å². The molecule has 3 heterocycles. The molecule has 0 amide bonds. The zero-order valence-corrected chi connectivity index (χ0v) is 12.2. The Kier molecular flexibility index (Phi) is 3.19. The Bertz CT molecular complexity index is 1030. The van der Waals surface area contributed by atoms with Crippen molar-refractivity contribution >= 4 is 16.8 Å². The Morgan fingerprint density at radius 2 is 1.83 bits per heavy atom. The van der Waals surface area contributed by atoms with E-state index >= 15 is 0 Å². The van der Waals surface area contributed by atoms with Crippen LogP contribution in [0.4, 0.5) is 8.78 Å². The molecule has 0 aliphatic heterocycles. The lowest BCUT2D eigenvalue weighted by Crippen LogP contribution is -2.06. The van der Waals surface area contributed by atoms with E-state index in [4.69, 9.17) is 0 Å². The lowest BCUT2D eigenvalue weighted by atomic mass is 10.0. The van der Waals surface area contributed by atoms with Crippen molar-refractivity contribution in [3.05, 3.63) is 71.8 Å². The summed E-state index contributed by atoms with van der Waals surface area (Å²) >= 11 is 0. The maximum Gasteiger partial charge on any atom is 0.201 e. The molecule has 0 atom stereocenters. The van der Waals surface area contributed by atoms with Crippen LogP contribution in [0.5, 0.6) is 0 Å². The van der Waals surface area contributed by atoms with Crippen LogP contribution in [-0.2, 0) is 0 Å². The van der Waals surface area contributed by atoms with Gasteiger partial charge in [0.1, 0.15) is 17.3 Å². The molecule has 1 aromatic carbocycles. The first-order valence-corrected chi connectivity index (χ1v) is 7.10. The summed E-state index contributed by atoms with van der Waals surface area (Å²) in [6.07, 6.45) is 6.34. The SMILES string of the molecule is O=C(c1c(F)cccc1F)c1c[nH]c2ncc(-c3cn[nH]c3)cc12. The van der Waals surface area contributed by atoms with Crippen LogP contribution in [0.25, 0.3) is 22.2 Å². The smallest absolute Gasteiger partial charge is 0.201 e. The number of rotatable bonds is 3. The van der Waals surface area contributed by atoms with Crippen LogP contribution in [0.15, 0.2) is 49.1 Å². The topological polar surface area (TPSA) is 74.4 Å². The number of nitrogens with one attached hydrogen (secondary N) is 2. The molecule has 0 aliphatic rings. The average molecular weight is 324 g/mol. The Balaban J connectivity index is 1.88. The van der Waals surface area contributed by atoms with Crippen LogP contribution in [-0.4, -0.2) is 25.9 Å². The predicted octanol–water partition coefficient (Wildman–Crippen LogP) is 3.46. The molecule has 7 heteroatoms. The van der Waals surface area contributed by atoms with Gasteiger partial charge in [-0.05, 0) is 18.2 Å². The van der Waals surface area contributed by atoms with E-state index in [1.54, 1.807) is 24.7 Å². The molecule has 0 unspecified atom stereocenters. The van der Waals surface area contributed by atoms with Crippen molar-refractivity contribution in [2.75, 3.05) is 0 Å². The van der Waals surface area contributed by atoms with Gasteiger partial charge in [-0.1, -0.05) is 6.07 Å². The van der Waals surface area contributed by atoms with Crippen molar-refractivity contribution in [3.63, 3.8) is 0 Å². The number of fused-ring (bicyclic) bond motifs is 1. The molecule has 4 rings (SSSR count). The third kappa shape index (κ3) is 2.18. The second-order valence-corrected chi connectivity index (χ2v) is 5.24. The maximum atomic E-state index is 13.9. The molecule has 0 fully saturated rings. The molecule has 0 radical (unpaired) electrons. The number of halogens is 2. The molecular formula is C17H10F2N4O. The summed E-state index contributed by atoms with van der Waals surface area (Å²) < 4.78 is 27.8. The molecule has 3 aromatic heterocycles. The third-order valence-electron chi connectivity index (χ3n) is 3.80. The van der Waals surface area contributed by atoms with E-state index in [-0.39, 0.29) is 5.56 Å². The number of benzene rings is 1. The molecule has 24 heavy (non-hydrogen) atoms. The molecule has 0 bridgehead atoms. The van der Waals surface area contributed by atoms with Gasteiger partial charge in [-0.15, -0.1) is 0 Å². The van der Waals surface area contributed by atoms with Gasteiger partial charge in [-0.2, -0.15) is 5.10 Å². The normalized spacial score (nSPS) is 11.1. The highest BCUT2D eigenvalue weighted by Gasteiger charge is 2.22. The van der Waals surface area contributed by atoms with Crippen molar-refractivity contribution in [1.82, 2.24) is 20.2 Å². The highest BCUT2D eigenvalue weighted by Crippen LogP contribution is 2.26. The minimum absolute atomic E-state index is 0.159. The molecule has 0 saturated carbocycles. The first kappa shape index (κ1) is 14.3. The van der Waals surface area contributed by atoms with Gasteiger partial charge < -0.3 is 4.98 Å². The molecule has 118 valence electrons. The minimum atomic E-state index is -0.895. The molecule has 2 N–H and O–H groups in total. The van der Waals surface area contributed by atoms with Gasteiger partial charge in [-0.25, -0.2) is 13.8 Å². The van der Waals surface area contributed by atoms with E-state index in [9.17, 15) is 13.6 Å². The first-order chi connectivity index (χ1) is 11.6. The number of carbonyl (C=O) groups excluding carboxylic acids is 1. The fraction of sp³-hybridized carbons (Fsp3) is 0. The summed E-state index contributed by atoms with van der Waals surface area (Å²) in [5.41, 5.74) is 1.57. The Hall–Kier alpha value is -3.35. The highest BCUT2D eigenvalue weighted by atomic mass is 19.1. The Morgan fingerprint density at radius 3 is 2.54 bits per heavy atom. The zero-order chi connectivity index (χ0) is 16.7. The molecular weight excluding hydrogens is 314 g/mol. The summed E-state index contributed by atoms with van der Waals surface area (Å²) in [4.78, 5) is 19.7. The summed E-state index contributed by atoms with van der Waals surface area (Å²) in [6.45, 7) is 0. The number of pyridine rings is 1. The number of hydrogen-bond donors (Lipinski definition) is 2. The summed E-state index contributed by atoms with van der Waals surface area (Å²) in [7, 11) is 0. The minimum Gasteiger partial charge on any atom is -0.345 e. The Labute approximate surface area is 134 Å². The average Bonchev–Trinajstić information content (AvgIpc) is 3.23. The van der Waals surface area contributed by atoms with Crippen molar-refractivity contribution in [3.8, 4) is 11.1 Å². The summed E-state index contributed by atoms with van der Waals surface area (Å²) in [5, 5.41) is 7.05. The molecule has 0 saturated heterocycles. The summed E-state index contributed by atoms with van der Waals surface area (Å²) in [5.74, 6) is -2.52. The second kappa shape index (κ2) is 5.38. The van der Waals surface area contributed by atoms with Gasteiger partial charge in [-0.3, -0.25) is 9.89 Å². The van der Waals surface area contributed by atoms with Gasteiger partial charge >= 0.3 is 0 Å². The van der Waals surface area contributed by atoms with E-state index in [1.807, 2.05) is 0 Å². The van der Waals surface area contributed by atoms with E-state index < -0.39 is 23.0 Å². The van der Waals surface area contributed by atoms with Crippen LogP contribution < -0.4 is 0 Å². The molecule has 0 aliphatic carbocycles. The largest absolute Gasteiger partial charge is 0.345 e. The third-order valence-corrected chi connectivity index (χ3v) is 3.80. The lowest BCUT2D eigenvalue weighted by Gasteiger charge is -2.04. The summed E-state index contributed by atoms with van der Waals surface area (Å²) in [6, 6.07) is 5.06. The molecule has 0 spiro atoms. The zero-order valence-electron chi connectivity index (χ0n) is 12.2. The number of ketones is 1. The van der Waals surface area contributed by atoms with Crippen molar-refractivity contribution in [1.29, 1.82) is 0 Å². The van der Waals surface area contributed by atoms with E-state index in [2.05, 4.69) is 20.2 Å². The fourth-order valence-corrected chi connectivity index (χ4v) is 2.61. The van der Waals surface area contributed by atoms with E-state index in [0.29, 0.717) is 11.0 Å². The quantitative estimate of drug-likeness (QED) is 0.567. The highest BCUT2D eigenvalue weighted by molar-refractivity contribution is 6.16. The monoisotopic (exact) mass is 324 g/mol. The van der Waals surface area contributed by atoms with Gasteiger partial charge in [0.2, 0.25) is 5.78 Å². The maximum absolute atomic E-state index is 13.9. The van der Waals surface area contributed by atoms with Gasteiger partial charge in [0.15, 0.2) is 0 Å². The van der Waals surface area contributed by atoms with E-state index in [1.165, 1.54) is 12.3 Å². The van der Waals surface area contributed by atoms with Crippen LogP contribution in [0.3, 0.4) is 0 Å². The second-order valence-electron chi connectivity index (χ2n) is 5.24. The number of aromatic nitrogens is 4. The number of aromatic amines is 2. The fourth-order valence-electron chi connectivity index (χ4n) is 2.61. The van der Waals surface area contributed by atoms with Crippen LogP contribution in [0.2, 0.25) is 0 Å². The van der Waals surface area contributed by atoms with Crippen molar-refractivity contribution in [2.24, 2.45) is 0 Å². The Morgan fingerprint density at radius 1 is 1.04 bits per heavy atom. The number of H-pyrrole nitrogens is 2. The van der Waals surface area contributed by atoms with Crippen LogP contribution in [0, 0.1) is 11.6 Å². The number of carbonyl (C=O) groups is 1. The van der Waals surface area contributed by atoms with Crippen LogP contribution in [0.1, 0.15) is 15.9 Å². The van der Waals surface area contributed by atoms with Crippen LogP contribution >= 0.6 is 0 Å². The molecule has 4 aromatic rings. The van der Waals surface area contributed by atoms with E-state index in [0.717, 1.165) is 23.3 Å². The van der Waals surface area contributed by atoms with Gasteiger partial charge in [0.25, 0.3) is 0 Å². The van der Waals surface area contributed by atoms with Crippen molar-refractivity contribution < 1.29 is 13.6 Å². The standard InChI is InChI=1S/C17H10F2N4O/c18-13-2-1-3-14(19)15(13)16(24)12-8-21-17-11(12)4-9(5-20-17)10-6-22-23-7-10/h1-8H,(H,20,21)(H,22,23). The van der Waals surface area contributed by atoms with Crippen molar-refractivity contribution in [2.45, 2.75) is 0 Å². The lowest BCUT2D eigenvalue weighted by molar-refractivity contribution is 0.103. The molecule has 5 nitrogen and oxygen atoms in total. The van der Waals surface area contributed by atoms with Gasteiger partial charge in [0.05, 0.1) is 11.8 Å². The predicted molar refractivity (Wildman–Crippen MR) is 83.5 cm³/mol. The number of hydrogen-bond acceptors (Lipinski definition) is 3.